The summed E-state index contributed by atoms with van der Waals surface area (Å²) in [7, 11) is 3.09. The number of rotatable bonds is 6. The fourth-order valence-electron chi connectivity index (χ4n) is 1.59. The first-order chi connectivity index (χ1) is 9.56. The average Bonchev–Trinajstić information content (AvgIpc) is 2.86. The molecule has 0 fully saturated rings. The van der Waals surface area contributed by atoms with Gasteiger partial charge < -0.3 is 15.4 Å². The number of hydrogen-bond donors (Lipinski definition) is 2. The molecule has 0 aliphatic heterocycles. The molecule has 0 aliphatic rings. The Balaban J connectivity index is 2.28. The predicted octanol–water partition coefficient (Wildman–Crippen LogP) is 0.968. The maximum absolute atomic E-state index is 11.3. The third-order valence-corrected chi connectivity index (χ3v) is 3.57. The van der Waals surface area contributed by atoms with E-state index in [1.807, 2.05) is 13.8 Å². The monoisotopic (exact) mass is 298 g/mol. The van der Waals surface area contributed by atoms with Crippen molar-refractivity contribution in [2.24, 2.45) is 10.9 Å². The van der Waals surface area contributed by atoms with Crippen LogP contribution in [0.3, 0.4) is 0 Å². The number of aromatic nitrogens is 1. The zero-order valence-electron chi connectivity index (χ0n) is 12.4. The minimum Gasteiger partial charge on any atom is -0.469 e. The fourth-order valence-corrected chi connectivity index (χ4v) is 2.23. The van der Waals surface area contributed by atoms with Crippen LogP contribution in [0.2, 0.25) is 0 Å². The molecule has 6 nitrogen and oxygen atoms in total. The second kappa shape index (κ2) is 8.52. The maximum Gasteiger partial charge on any atom is 0.310 e. The van der Waals surface area contributed by atoms with Gasteiger partial charge in [0.05, 0.1) is 23.7 Å². The summed E-state index contributed by atoms with van der Waals surface area (Å²) in [6.07, 6.45) is 0.845. The zero-order valence-corrected chi connectivity index (χ0v) is 13.2. The Bertz CT molecular complexity index is 459. The number of carbonyl (C=O) groups excluding carboxylic acids is 1. The highest BCUT2D eigenvalue weighted by molar-refractivity contribution is 7.09. The van der Waals surface area contributed by atoms with Crippen LogP contribution in [0.5, 0.6) is 0 Å². The van der Waals surface area contributed by atoms with Gasteiger partial charge in [0.2, 0.25) is 0 Å². The lowest BCUT2D eigenvalue weighted by Crippen LogP contribution is -2.41. The third kappa shape index (κ3) is 5.56. The molecule has 1 aromatic heterocycles. The van der Waals surface area contributed by atoms with Crippen LogP contribution < -0.4 is 10.6 Å². The SMILES string of the molecule is CN=C(NCCc1csc(C)n1)NCC(C)C(=O)OC. The van der Waals surface area contributed by atoms with Gasteiger partial charge in [0.25, 0.3) is 0 Å². The molecule has 1 rings (SSSR count). The molecule has 0 aliphatic carbocycles. The average molecular weight is 298 g/mol. The highest BCUT2D eigenvalue weighted by Crippen LogP contribution is 2.07. The van der Waals surface area contributed by atoms with Crippen molar-refractivity contribution in [1.82, 2.24) is 15.6 Å². The molecule has 1 heterocycles. The van der Waals surface area contributed by atoms with Gasteiger partial charge in [-0.2, -0.15) is 0 Å². The van der Waals surface area contributed by atoms with E-state index in [0.717, 1.165) is 23.7 Å². The van der Waals surface area contributed by atoms with Crippen molar-refractivity contribution in [1.29, 1.82) is 0 Å². The van der Waals surface area contributed by atoms with Gasteiger partial charge in [-0.25, -0.2) is 4.98 Å². The quantitative estimate of drug-likeness (QED) is 0.465. The number of thiazole rings is 1. The normalized spacial score (nSPS) is 12.9. The van der Waals surface area contributed by atoms with Gasteiger partial charge in [-0.3, -0.25) is 9.79 Å². The molecule has 0 amide bonds. The number of carbonyl (C=O) groups is 1. The first-order valence-corrected chi connectivity index (χ1v) is 7.38. The Kier molecular flexibility index (Phi) is 7.00. The molecule has 7 heteroatoms. The molecule has 1 atom stereocenters. The smallest absolute Gasteiger partial charge is 0.310 e. The molecule has 0 bridgehead atoms. The van der Waals surface area contributed by atoms with E-state index in [9.17, 15) is 4.79 Å². The van der Waals surface area contributed by atoms with E-state index in [1.54, 1.807) is 18.4 Å². The van der Waals surface area contributed by atoms with Crippen molar-refractivity contribution >= 4 is 23.3 Å². The molecule has 0 radical (unpaired) electrons. The molecule has 0 aromatic carbocycles. The van der Waals surface area contributed by atoms with Crippen LogP contribution in [-0.4, -0.2) is 44.2 Å². The molecule has 0 saturated heterocycles. The van der Waals surface area contributed by atoms with E-state index in [0.29, 0.717) is 12.5 Å². The standard InChI is InChI=1S/C13H22N4O2S/c1-9(12(18)19-4)7-16-13(14-3)15-6-5-11-8-20-10(2)17-11/h8-9H,5-7H2,1-4H3,(H2,14,15,16). The molecule has 20 heavy (non-hydrogen) atoms. The summed E-state index contributed by atoms with van der Waals surface area (Å²) in [6.45, 7) is 5.04. The van der Waals surface area contributed by atoms with E-state index >= 15 is 0 Å². The van der Waals surface area contributed by atoms with Crippen LogP contribution >= 0.6 is 11.3 Å². The highest BCUT2D eigenvalue weighted by Gasteiger charge is 2.13. The van der Waals surface area contributed by atoms with Crippen LogP contribution in [0.4, 0.5) is 0 Å². The Morgan fingerprint density at radius 1 is 1.55 bits per heavy atom. The van der Waals surface area contributed by atoms with Gasteiger partial charge in [0.1, 0.15) is 0 Å². The molecule has 0 spiro atoms. The third-order valence-electron chi connectivity index (χ3n) is 2.74. The number of nitrogens with zero attached hydrogens (tertiary/aromatic N) is 2. The van der Waals surface area contributed by atoms with Crippen molar-refractivity contribution in [3.05, 3.63) is 16.1 Å². The fraction of sp³-hybridized carbons (Fsp3) is 0.615. The van der Waals surface area contributed by atoms with E-state index in [1.165, 1.54) is 7.11 Å². The largest absolute Gasteiger partial charge is 0.469 e. The number of nitrogens with one attached hydrogen (secondary N) is 2. The zero-order chi connectivity index (χ0) is 15.0. The first kappa shape index (κ1) is 16.4. The molecule has 112 valence electrons. The summed E-state index contributed by atoms with van der Waals surface area (Å²) in [5, 5.41) is 9.43. The summed E-state index contributed by atoms with van der Waals surface area (Å²) < 4.78 is 4.67. The Morgan fingerprint density at radius 2 is 2.30 bits per heavy atom. The number of aryl methyl sites for hydroxylation is 1. The van der Waals surface area contributed by atoms with Crippen LogP contribution in [0.15, 0.2) is 10.4 Å². The van der Waals surface area contributed by atoms with Gasteiger partial charge in [-0.05, 0) is 6.92 Å². The lowest BCUT2D eigenvalue weighted by molar-refractivity contribution is -0.144. The van der Waals surface area contributed by atoms with Crippen molar-refractivity contribution in [3.63, 3.8) is 0 Å². The van der Waals surface area contributed by atoms with Gasteiger partial charge in [-0.15, -0.1) is 11.3 Å². The van der Waals surface area contributed by atoms with E-state index in [2.05, 4.69) is 30.7 Å². The van der Waals surface area contributed by atoms with Gasteiger partial charge >= 0.3 is 5.97 Å². The predicted molar refractivity (Wildman–Crippen MR) is 81.1 cm³/mol. The minimum absolute atomic E-state index is 0.209. The number of methoxy groups -OCH3 is 1. The number of guanidine groups is 1. The molecular formula is C13H22N4O2S. The van der Waals surface area contributed by atoms with E-state index in [4.69, 9.17) is 0 Å². The molecular weight excluding hydrogens is 276 g/mol. The maximum atomic E-state index is 11.3. The van der Waals surface area contributed by atoms with Crippen molar-refractivity contribution in [3.8, 4) is 0 Å². The number of hydrogen-bond acceptors (Lipinski definition) is 5. The minimum atomic E-state index is -0.231. The summed E-state index contributed by atoms with van der Waals surface area (Å²) in [6, 6.07) is 0. The topological polar surface area (TPSA) is 75.6 Å². The summed E-state index contributed by atoms with van der Waals surface area (Å²) >= 11 is 1.65. The van der Waals surface area contributed by atoms with Crippen LogP contribution in [-0.2, 0) is 16.0 Å². The highest BCUT2D eigenvalue weighted by atomic mass is 32.1. The van der Waals surface area contributed by atoms with Crippen LogP contribution in [0, 0.1) is 12.8 Å². The summed E-state index contributed by atoms with van der Waals surface area (Å²) in [5.74, 6) is 0.235. The first-order valence-electron chi connectivity index (χ1n) is 6.50. The van der Waals surface area contributed by atoms with Gasteiger partial charge in [0.15, 0.2) is 5.96 Å². The second-order valence-electron chi connectivity index (χ2n) is 4.41. The Hall–Kier alpha value is -1.63. The van der Waals surface area contributed by atoms with Gasteiger partial charge in [0, 0.05) is 31.9 Å². The second-order valence-corrected chi connectivity index (χ2v) is 5.47. The molecule has 2 N–H and O–H groups in total. The summed E-state index contributed by atoms with van der Waals surface area (Å²) in [4.78, 5) is 19.8. The number of ether oxygens (including phenoxy) is 1. The lowest BCUT2D eigenvalue weighted by atomic mass is 10.2. The van der Waals surface area contributed by atoms with E-state index < -0.39 is 0 Å². The van der Waals surface area contributed by atoms with Gasteiger partial charge in [-0.1, -0.05) is 6.92 Å². The lowest BCUT2D eigenvalue weighted by Gasteiger charge is -2.14. The van der Waals surface area contributed by atoms with Crippen molar-refractivity contribution < 1.29 is 9.53 Å². The van der Waals surface area contributed by atoms with E-state index in [-0.39, 0.29) is 11.9 Å². The Morgan fingerprint density at radius 3 is 2.85 bits per heavy atom. The van der Waals surface area contributed by atoms with Crippen molar-refractivity contribution in [2.45, 2.75) is 20.3 Å². The van der Waals surface area contributed by atoms with Crippen LogP contribution in [0.25, 0.3) is 0 Å². The van der Waals surface area contributed by atoms with Crippen molar-refractivity contribution in [2.75, 3.05) is 27.2 Å². The Labute approximate surface area is 123 Å². The number of esters is 1. The molecule has 0 saturated carbocycles. The summed E-state index contributed by atoms with van der Waals surface area (Å²) in [5.41, 5.74) is 1.08. The molecule has 1 aromatic rings. The van der Waals surface area contributed by atoms with Crippen LogP contribution in [0.1, 0.15) is 17.6 Å². The molecule has 1 unspecified atom stereocenters. The number of aliphatic imine (C=N–C) groups is 1.